The number of carbonyl (C=O) groups is 1. The number of Topliss-reactive ketones (excluding diaryl/α,β-unsaturated/α-hetero) is 1. The average molecular weight is 245 g/mol. The second-order valence-electron chi connectivity index (χ2n) is 5.45. The number of aryl methyl sites for hydroxylation is 1. The summed E-state index contributed by atoms with van der Waals surface area (Å²) in [5, 5.41) is 0. The summed E-state index contributed by atoms with van der Waals surface area (Å²) in [5.74, 6) is 1.27. The van der Waals surface area contributed by atoms with Crippen LogP contribution in [-0.4, -0.2) is 32.7 Å². The Morgan fingerprint density at radius 1 is 1.33 bits per heavy atom. The van der Waals surface area contributed by atoms with E-state index in [2.05, 4.69) is 14.9 Å². The second-order valence-corrected chi connectivity index (χ2v) is 5.45. The van der Waals surface area contributed by atoms with Gasteiger partial charge in [-0.3, -0.25) is 9.69 Å². The second kappa shape index (κ2) is 4.76. The molecule has 4 heteroatoms. The first-order valence-corrected chi connectivity index (χ1v) is 6.78. The Hall–Kier alpha value is -1.29. The molecule has 0 radical (unpaired) electrons. The number of nitrogens with zero attached hydrogens (tertiary/aromatic N) is 3. The van der Waals surface area contributed by atoms with Crippen LogP contribution in [0.3, 0.4) is 0 Å². The van der Waals surface area contributed by atoms with E-state index >= 15 is 0 Å². The molecular formula is C14H19N3O. The Labute approximate surface area is 107 Å². The summed E-state index contributed by atoms with van der Waals surface area (Å²) in [6, 6.07) is 2.87. The molecule has 4 nitrogen and oxygen atoms in total. The van der Waals surface area contributed by atoms with Crippen molar-refractivity contribution in [3.8, 4) is 0 Å². The van der Waals surface area contributed by atoms with Crippen molar-refractivity contribution in [2.24, 2.45) is 0 Å². The third-order valence-corrected chi connectivity index (χ3v) is 4.12. The molecule has 0 amide bonds. The van der Waals surface area contributed by atoms with Crippen molar-refractivity contribution >= 4 is 5.78 Å². The number of rotatable bonds is 2. The fourth-order valence-corrected chi connectivity index (χ4v) is 3.30. The molecule has 2 atom stereocenters. The number of ketones is 1. The third-order valence-electron chi connectivity index (χ3n) is 4.12. The molecule has 96 valence electrons. The molecule has 1 aromatic rings. The van der Waals surface area contributed by atoms with E-state index in [0.717, 1.165) is 43.7 Å². The van der Waals surface area contributed by atoms with Gasteiger partial charge in [-0.1, -0.05) is 6.42 Å². The largest absolute Gasteiger partial charge is 0.300 e. The number of hydrogen-bond donors (Lipinski definition) is 0. The van der Waals surface area contributed by atoms with Gasteiger partial charge in [0.2, 0.25) is 0 Å². The van der Waals surface area contributed by atoms with E-state index in [1.807, 2.05) is 19.2 Å². The van der Waals surface area contributed by atoms with Crippen LogP contribution in [0.15, 0.2) is 12.3 Å². The molecule has 2 unspecified atom stereocenters. The predicted octanol–water partition coefficient (Wildman–Crippen LogP) is 1.87. The Morgan fingerprint density at radius 3 is 2.72 bits per heavy atom. The number of aromatic nitrogens is 2. The number of carbonyl (C=O) groups excluding carboxylic acids is 1. The first-order valence-electron chi connectivity index (χ1n) is 6.78. The summed E-state index contributed by atoms with van der Waals surface area (Å²) in [5.41, 5.74) is 1.08. The minimum Gasteiger partial charge on any atom is -0.300 e. The molecule has 0 spiro atoms. The lowest BCUT2D eigenvalue weighted by Gasteiger charge is -2.45. The van der Waals surface area contributed by atoms with Crippen molar-refractivity contribution in [1.29, 1.82) is 0 Å². The molecule has 18 heavy (non-hydrogen) atoms. The number of hydrogen-bond acceptors (Lipinski definition) is 4. The quantitative estimate of drug-likeness (QED) is 0.798. The third kappa shape index (κ3) is 2.29. The molecule has 2 saturated heterocycles. The fraction of sp³-hybridized carbons (Fsp3) is 0.643. The molecule has 2 bridgehead atoms. The zero-order chi connectivity index (χ0) is 12.5. The van der Waals surface area contributed by atoms with Crippen LogP contribution >= 0.6 is 0 Å². The lowest BCUT2D eigenvalue weighted by Crippen LogP contribution is -2.51. The van der Waals surface area contributed by atoms with E-state index in [9.17, 15) is 4.79 Å². The van der Waals surface area contributed by atoms with Gasteiger partial charge < -0.3 is 0 Å². The van der Waals surface area contributed by atoms with E-state index in [1.54, 1.807) is 0 Å². The monoisotopic (exact) mass is 245 g/mol. The zero-order valence-corrected chi connectivity index (χ0v) is 10.8. The molecular weight excluding hydrogens is 226 g/mol. The highest BCUT2D eigenvalue weighted by atomic mass is 16.1. The van der Waals surface area contributed by atoms with Crippen LogP contribution in [0.5, 0.6) is 0 Å². The molecule has 0 aromatic carbocycles. The highest BCUT2D eigenvalue weighted by Crippen LogP contribution is 2.33. The van der Waals surface area contributed by atoms with E-state index in [1.165, 1.54) is 6.42 Å². The molecule has 2 aliphatic heterocycles. The fourth-order valence-electron chi connectivity index (χ4n) is 3.30. The number of piperidine rings is 2. The summed E-state index contributed by atoms with van der Waals surface area (Å²) >= 11 is 0. The standard InChI is InChI=1S/C14H19N3O/c1-10-15-6-5-11(16-10)9-17-12-3-2-4-13(17)8-14(18)7-12/h5-6,12-13H,2-4,7-9H2,1H3. The minimum atomic E-state index is 0.444. The number of fused-ring (bicyclic) bond motifs is 2. The van der Waals surface area contributed by atoms with E-state index < -0.39 is 0 Å². The van der Waals surface area contributed by atoms with Crippen molar-refractivity contribution in [2.75, 3.05) is 0 Å². The van der Waals surface area contributed by atoms with Gasteiger partial charge in [0.15, 0.2) is 0 Å². The normalized spacial score (nSPS) is 28.4. The van der Waals surface area contributed by atoms with E-state index in [-0.39, 0.29) is 0 Å². The van der Waals surface area contributed by atoms with Crippen molar-refractivity contribution in [3.05, 3.63) is 23.8 Å². The topological polar surface area (TPSA) is 46.1 Å². The Bertz CT molecular complexity index is 444. The maximum Gasteiger partial charge on any atom is 0.136 e. The summed E-state index contributed by atoms with van der Waals surface area (Å²) in [6.45, 7) is 2.79. The van der Waals surface area contributed by atoms with Crippen LogP contribution in [0.2, 0.25) is 0 Å². The summed E-state index contributed by atoms with van der Waals surface area (Å²) < 4.78 is 0. The zero-order valence-electron chi connectivity index (χ0n) is 10.8. The summed E-state index contributed by atoms with van der Waals surface area (Å²) in [4.78, 5) is 22.8. The van der Waals surface area contributed by atoms with Crippen LogP contribution in [0, 0.1) is 6.92 Å². The minimum absolute atomic E-state index is 0.444. The van der Waals surface area contributed by atoms with Gasteiger partial charge >= 0.3 is 0 Å². The van der Waals surface area contributed by atoms with E-state index in [0.29, 0.717) is 17.9 Å². The van der Waals surface area contributed by atoms with Gasteiger partial charge in [-0.05, 0) is 25.8 Å². The Balaban J connectivity index is 1.77. The first-order chi connectivity index (χ1) is 8.72. The van der Waals surface area contributed by atoms with Crippen LogP contribution in [-0.2, 0) is 11.3 Å². The van der Waals surface area contributed by atoms with Gasteiger partial charge in [0.1, 0.15) is 11.6 Å². The van der Waals surface area contributed by atoms with Gasteiger partial charge in [-0.2, -0.15) is 0 Å². The molecule has 2 fully saturated rings. The lowest BCUT2D eigenvalue weighted by atomic mass is 9.83. The van der Waals surface area contributed by atoms with Crippen LogP contribution in [0.1, 0.15) is 43.6 Å². The van der Waals surface area contributed by atoms with Crippen molar-refractivity contribution in [2.45, 2.75) is 57.7 Å². The molecule has 3 heterocycles. The molecule has 3 rings (SSSR count). The first kappa shape index (κ1) is 11.8. The molecule has 0 aliphatic carbocycles. The molecule has 2 aliphatic rings. The molecule has 1 aromatic heterocycles. The van der Waals surface area contributed by atoms with Crippen LogP contribution < -0.4 is 0 Å². The van der Waals surface area contributed by atoms with Crippen LogP contribution in [0.4, 0.5) is 0 Å². The van der Waals surface area contributed by atoms with Gasteiger partial charge in [0, 0.05) is 37.7 Å². The van der Waals surface area contributed by atoms with Crippen molar-refractivity contribution in [1.82, 2.24) is 14.9 Å². The Morgan fingerprint density at radius 2 is 2.06 bits per heavy atom. The SMILES string of the molecule is Cc1nccc(CN2C3CCCC2CC(=O)C3)n1. The summed E-state index contributed by atoms with van der Waals surface area (Å²) in [7, 11) is 0. The van der Waals surface area contributed by atoms with Crippen LogP contribution in [0.25, 0.3) is 0 Å². The lowest BCUT2D eigenvalue weighted by molar-refractivity contribution is -0.127. The molecule has 0 N–H and O–H groups in total. The highest BCUT2D eigenvalue weighted by molar-refractivity contribution is 5.80. The van der Waals surface area contributed by atoms with Crippen molar-refractivity contribution < 1.29 is 4.79 Å². The summed E-state index contributed by atoms with van der Waals surface area (Å²) in [6.07, 6.45) is 6.88. The maximum absolute atomic E-state index is 11.7. The smallest absolute Gasteiger partial charge is 0.136 e. The van der Waals surface area contributed by atoms with Gasteiger partial charge in [0.25, 0.3) is 0 Å². The predicted molar refractivity (Wildman–Crippen MR) is 68.0 cm³/mol. The maximum atomic E-state index is 11.7. The van der Waals surface area contributed by atoms with E-state index in [4.69, 9.17) is 0 Å². The van der Waals surface area contributed by atoms with Crippen molar-refractivity contribution in [3.63, 3.8) is 0 Å². The highest BCUT2D eigenvalue weighted by Gasteiger charge is 2.37. The van der Waals surface area contributed by atoms with Gasteiger partial charge in [-0.25, -0.2) is 9.97 Å². The van der Waals surface area contributed by atoms with Gasteiger partial charge in [0.05, 0.1) is 5.69 Å². The average Bonchev–Trinajstić information content (AvgIpc) is 2.30. The molecule has 0 saturated carbocycles. The Kier molecular flexibility index (Phi) is 3.12. The van der Waals surface area contributed by atoms with Gasteiger partial charge in [-0.15, -0.1) is 0 Å².